The summed E-state index contributed by atoms with van der Waals surface area (Å²) in [5.41, 5.74) is 1.33. The fraction of sp³-hybridized carbons (Fsp3) is 0.190. The predicted octanol–water partition coefficient (Wildman–Crippen LogP) is 3.54. The van der Waals surface area contributed by atoms with Gasteiger partial charge in [0.2, 0.25) is 0 Å². The van der Waals surface area contributed by atoms with Crippen molar-refractivity contribution in [3.63, 3.8) is 0 Å². The van der Waals surface area contributed by atoms with Crippen LogP contribution in [0.2, 0.25) is 0 Å². The zero-order valence-corrected chi connectivity index (χ0v) is 16.1. The van der Waals surface area contributed by atoms with E-state index in [2.05, 4.69) is 20.6 Å². The van der Waals surface area contributed by atoms with Gasteiger partial charge < -0.3 is 20.1 Å². The lowest BCUT2D eigenvalue weighted by molar-refractivity contribution is 0.102. The molecule has 0 aliphatic heterocycles. The molecule has 8 heteroatoms. The number of carbonyl (C=O) groups excluding carboxylic acids is 1. The van der Waals surface area contributed by atoms with E-state index in [1.807, 2.05) is 0 Å². The Morgan fingerprint density at radius 3 is 2.52 bits per heavy atom. The molecule has 150 valence electrons. The minimum atomic E-state index is -0.400. The second-order valence-electron chi connectivity index (χ2n) is 6.08. The summed E-state index contributed by atoms with van der Waals surface area (Å²) in [6, 6.07) is 11.7. The maximum atomic E-state index is 13.6. The van der Waals surface area contributed by atoms with Gasteiger partial charge in [-0.25, -0.2) is 14.4 Å². The summed E-state index contributed by atoms with van der Waals surface area (Å²) in [5.74, 6) is 0.941. The van der Waals surface area contributed by atoms with E-state index in [-0.39, 0.29) is 11.5 Å². The molecule has 0 bridgehead atoms. The van der Waals surface area contributed by atoms with Crippen LogP contribution in [0.25, 0.3) is 0 Å². The summed E-state index contributed by atoms with van der Waals surface area (Å²) in [5, 5.41) is 5.80. The Morgan fingerprint density at radius 1 is 1.03 bits per heavy atom. The maximum absolute atomic E-state index is 13.6. The summed E-state index contributed by atoms with van der Waals surface area (Å²) < 4.78 is 24.0. The lowest BCUT2D eigenvalue weighted by Gasteiger charge is -2.10. The Kier molecular flexibility index (Phi) is 6.57. The molecule has 0 unspecified atom stereocenters. The Hall–Kier alpha value is -3.68. The van der Waals surface area contributed by atoms with Crippen molar-refractivity contribution in [3.05, 3.63) is 71.9 Å². The standard InChI is InChI=1S/C21H21FN4O3/c1-28-18-8-7-15(11-19(18)29-2)26-21(27)17-12-25-20(13-24-17)23-10-9-14-5-3-4-6-16(14)22/h3-8,11-13H,9-10H2,1-2H3,(H,23,25)(H,26,27). The number of carbonyl (C=O) groups is 1. The molecule has 1 amide bonds. The average molecular weight is 396 g/mol. The average Bonchev–Trinajstić information content (AvgIpc) is 2.75. The van der Waals surface area contributed by atoms with Crippen molar-refractivity contribution < 1.29 is 18.7 Å². The van der Waals surface area contributed by atoms with E-state index in [9.17, 15) is 9.18 Å². The van der Waals surface area contributed by atoms with E-state index >= 15 is 0 Å². The number of nitrogens with zero attached hydrogens (tertiary/aromatic N) is 2. The van der Waals surface area contributed by atoms with E-state index in [1.54, 1.807) is 36.4 Å². The largest absolute Gasteiger partial charge is 0.493 e. The third-order valence-corrected chi connectivity index (χ3v) is 4.18. The molecule has 1 heterocycles. The molecule has 0 saturated heterocycles. The number of amides is 1. The molecule has 0 atom stereocenters. The van der Waals surface area contributed by atoms with E-state index in [4.69, 9.17) is 9.47 Å². The Labute approximate surface area is 167 Å². The highest BCUT2D eigenvalue weighted by Gasteiger charge is 2.11. The van der Waals surface area contributed by atoms with E-state index in [1.165, 1.54) is 32.7 Å². The summed E-state index contributed by atoms with van der Waals surface area (Å²) in [6.45, 7) is 0.493. The first-order valence-corrected chi connectivity index (χ1v) is 8.93. The molecule has 0 saturated carbocycles. The fourth-order valence-corrected chi connectivity index (χ4v) is 2.67. The molecule has 2 aromatic carbocycles. The smallest absolute Gasteiger partial charge is 0.275 e. The van der Waals surface area contributed by atoms with Gasteiger partial charge in [-0.15, -0.1) is 0 Å². The lowest BCUT2D eigenvalue weighted by atomic mass is 10.1. The van der Waals surface area contributed by atoms with Crippen LogP contribution in [0.4, 0.5) is 15.9 Å². The second kappa shape index (κ2) is 9.50. The summed E-state index contributed by atoms with van der Waals surface area (Å²) in [7, 11) is 3.06. The van der Waals surface area contributed by atoms with Crippen LogP contribution >= 0.6 is 0 Å². The molecule has 3 aromatic rings. The third kappa shape index (κ3) is 5.19. The van der Waals surface area contributed by atoms with Crippen LogP contribution in [0.5, 0.6) is 11.5 Å². The Morgan fingerprint density at radius 2 is 1.83 bits per heavy atom. The number of methoxy groups -OCH3 is 2. The van der Waals surface area contributed by atoms with Crippen molar-refractivity contribution in [2.45, 2.75) is 6.42 Å². The monoisotopic (exact) mass is 396 g/mol. The number of ether oxygens (including phenoxy) is 2. The van der Waals surface area contributed by atoms with Crippen LogP contribution in [0.1, 0.15) is 16.1 Å². The number of hydrogen-bond acceptors (Lipinski definition) is 6. The second-order valence-corrected chi connectivity index (χ2v) is 6.08. The van der Waals surface area contributed by atoms with E-state index in [0.29, 0.717) is 41.5 Å². The number of benzene rings is 2. The van der Waals surface area contributed by atoms with Gasteiger partial charge in [-0.1, -0.05) is 18.2 Å². The van der Waals surface area contributed by atoms with Crippen molar-refractivity contribution in [3.8, 4) is 11.5 Å². The van der Waals surface area contributed by atoms with Gasteiger partial charge in [-0.2, -0.15) is 0 Å². The molecule has 0 spiro atoms. The molecule has 0 aliphatic carbocycles. The zero-order chi connectivity index (χ0) is 20.6. The molecule has 1 aromatic heterocycles. The van der Waals surface area contributed by atoms with Crippen molar-refractivity contribution in [1.82, 2.24) is 9.97 Å². The number of anilines is 2. The topological polar surface area (TPSA) is 85.4 Å². The number of hydrogen-bond donors (Lipinski definition) is 2. The van der Waals surface area contributed by atoms with Gasteiger partial charge in [0, 0.05) is 18.3 Å². The van der Waals surface area contributed by atoms with Crippen molar-refractivity contribution in [1.29, 1.82) is 0 Å². The van der Waals surface area contributed by atoms with E-state index in [0.717, 1.165) is 0 Å². The maximum Gasteiger partial charge on any atom is 0.275 e. The highest BCUT2D eigenvalue weighted by atomic mass is 19.1. The number of halogens is 1. The number of nitrogens with one attached hydrogen (secondary N) is 2. The lowest BCUT2D eigenvalue weighted by Crippen LogP contribution is -2.15. The zero-order valence-electron chi connectivity index (χ0n) is 16.1. The normalized spacial score (nSPS) is 10.3. The molecule has 29 heavy (non-hydrogen) atoms. The molecule has 7 nitrogen and oxygen atoms in total. The van der Waals surface area contributed by atoms with Gasteiger partial charge >= 0.3 is 0 Å². The summed E-state index contributed by atoms with van der Waals surface area (Å²) in [6.07, 6.45) is 3.35. The summed E-state index contributed by atoms with van der Waals surface area (Å²) >= 11 is 0. The number of aromatic nitrogens is 2. The van der Waals surface area contributed by atoms with Gasteiger partial charge in [0.1, 0.15) is 17.3 Å². The highest BCUT2D eigenvalue weighted by molar-refractivity contribution is 6.02. The van der Waals surface area contributed by atoms with Gasteiger partial charge in [-0.3, -0.25) is 4.79 Å². The van der Waals surface area contributed by atoms with Crippen molar-refractivity contribution >= 4 is 17.4 Å². The molecule has 0 radical (unpaired) electrons. The molecular formula is C21H21FN4O3. The minimum Gasteiger partial charge on any atom is -0.493 e. The van der Waals surface area contributed by atoms with Gasteiger partial charge in [0.25, 0.3) is 5.91 Å². The van der Waals surface area contributed by atoms with Crippen LogP contribution in [0.15, 0.2) is 54.9 Å². The summed E-state index contributed by atoms with van der Waals surface area (Å²) in [4.78, 5) is 20.7. The Balaban J connectivity index is 1.56. The van der Waals surface area contributed by atoms with Crippen molar-refractivity contribution in [2.75, 3.05) is 31.4 Å². The first-order chi connectivity index (χ1) is 14.1. The highest BCUT2D eigenvalue weighted by Crippen LogP contribution is 2.29. The first-order valence-electron chi connectivity index (χ1n) is 8.93. The van der Waals surface area contributed by atoms with E-state index < -0.39 is 5.91 Å². The quantitative estimate of drug-likeness (QED) is 0.606. The third-order valence-electron chi connectivity index (χ3n) is 4.18. The SMILES string of the molecule is COc1ccc(NC(=O)c2cnc(NCCc3ccccc3F)cn2)cc1OC. The molecule has 0 fully saturated rings. The van der Waals surface area contributed by atoms with Crippen molar-refractivity contribution in [2.24, 2.45) is 0 Å². The number of rotatable bonds is 8. The van der Waals surface area contributed by atoms with Crippen LogP contribution in [-0.2, 0) is 6.42 Å². The van der Waals surface area contributed by atoms with Crippen LogP contribution in [0, 0.1) is 5.82 Å². The molecular weight excluding hydrogens is 375 g/mol. The minimum absolute atomic E-state index is 0.166. The van der Waals surface area contributed by atoms with Crippen LogP contribution < -0.4 is 20.1 Å². The molecule has 2 N–H and O–H groups in total. The molecule has 3 rings (SSSR count). The fourth-order valence-electron chi connectivity index (χ4n) is 2.67. The van der Waals surface area contributed by atoms with Crippen LogP contribution in [-0.4, -0.2) is 36.6 Å². The predicted molar refractivity (Wildman–Crippen MR) is 108 cm³/mol. The van der Waals surface area contributed by atoms with Gasteiger partial charge in [-0.05, 0) is 30.2 Å². The van der Waals surface area contributed by atoms with Crippen LogP contribution in [0.3, 0.4) is 0 Å². The first kappa shape index (κ1) is 20.1. The molecule has 0 aliphatic rings. The van der Waals surface area contributed by atoms with Gasteiger partial charge in [0.05, 0.1) is 26.6 Å². The Bertz CT molecular complexity index is 980. The van der Waals surface area contributed by atoms with Gasteiger partial charge in [0.15, 0.2) is 11.5 Å².